The maximum absolute atomic E-state index is 13.9. The summed E-state index contributed by atoms with van der Waals surface area (Å²) >= 11 is 0. The number of amides is 1. The van der Waals surface area contributed by atoms with E-state index >= 15 is 0 Å². The fourth-order valence-corrected chi connectivity index (χ4v) is 4.95. The van der Waals surface area contributed by atoms with Crippen molar-refractivity contribution in [2.45, 2.75) is 30.0 Å². The van der Waals surface area contributed by atoms with Crippen LogP contribution in [0.25, 0.3) is 0 Å². The predicted molar refractivity (Wildman–Crippen MR) is 101 cm³/mol. The third-order valence-corrected chi connectivity index (χ3v) is 6.96. The quantitative estimate of drug-likeness (QED) is 0.716. The maximum Gasteiger partial charge on any atom is 0.412 e. The summed E-state index contributed by atoms with van der Waals surface area (Å²) in [5.74, 6) is -2.44. The minimum Gasteiger partial charge on any atom is -0.341 e. The molecule has 5 nitrogen and oxygen atoms in total. The third-order valence-electron chi connectivity index (χ3n) is 5.03. The smallest absolute Gasteiger partial charge is 0.341 e. The zero-order chi connectivity index (χ0) is 21.9. The Morgan fingerprint density at radius 3 is 2.13 bits per heavy atom. The summed E-state index contributed by atoms with van der Waals surface area (Å²) < 4.78 is 80.5. The Kier molecular flexibility index (Phi) is 6.47. The number of hydrogen-bond acceptors (Lipinski definition) is 3. The van der Waals surface area contributed by atoms with E-state index in [1.807, 2.05) is 5.32 Å². The van der Waals surface area contributed by atoms with Gasteiger partial charge < -0.3 is 5.32 Å². The molecule has 0 spiro atoms. The lowest BCUT2D eigenvalue weighted by Gasteiger charge is -2.32. The van der Waals surface area contributed by atoms with Gasteiger partial charge in [-0.25, -0.2) is 12.8 Å². The minimum atomic E-state index is -4.67. The number of sulfonamides is 1. The lowest BCUT2D eigenvalue weighted by atomic mass is 9.96. The van der Waals surface area contributed by atoms with Gasteiger partial charge in [0.15, 0.2) is 6.04 Å². The molecule has 10 heteroatoms. The van der Waals surface area contributed by atoms with Gasteiger partial charge in [-0.2, -0.15) is 17.5 Å². The van der Waals surface area contributed by atoms with Gasteiger partial charge in [0.2, 0.25) is 15.9 Å². The molecule has 1 heterocycles. The Hall–Kier alpha value is -2.46. The molecule has 0 bridgehead atoms. The van der Waals surface area contributed by atoms with E-state index in [2.05, 4.69) is 0 Å². The molecule has 0 aliphatic carbocycles. The molecule has 1 aliphatic rings. The molecule has 1 unspecified atom stereocenters. The highest BCUT2D eigenvalue weighted by Gasteiger charge is 2.43. The van der Waals surface area contributed by atoms with Crippen molar-refractivity contribution in [3.05, 3.63) is 66.0 Å². The summed E-state index contributed by atoms with van der Waals surface area (Å²) in [5.41, 5.74) is -0.0853. The fraction of sp³-hybridized carbons (Fsp3) is 0.350. The van der Waals surface area contributed by atoms with E-state index in [-0.39, 0.29) is 31.5 Å². The van der Waals surface area contributed by atoms with Crippen molar-refractivity contribution in [1.82, 2.24) is 9.62 Å². The number of nitrogens with zero attached hydrogens (tertiary/aromatic N) is 1. The summed E-state index contributed by atoms with van der Waals surface area (Å²) in [6.07, 6.45) is -4.59. The summed E-state index contributed by atoms with van der Waals surface area (Å²) in [6, 6.07) is 9.84. The highest BCUT2D eigenvalue weighted by Crippen LogP contribution is 2.33. The molecule has 1 saturated heterocycles. The normalized spacial score (nSPS) is 17.5. The van der Waals surface area contributed by atoms with Gasteiger partial charge in [-0.15, -0.1) is 0 Å². The van der Waals surface area contributed by atoms with Crippen LogP contribution in [0, 0.1) is 11.7 Å². The molecule has 1 aliphatic heterocycles. The van der Waals surface area contributed by atoms with Crippen LogP contribution in [0.2, 0.25) is 0 Å². The number of nitrogens with one attached hydrogen (secondary N) is 1. The predicted octanol–water partition coefficient (Wildman–Crippen LogP) is 3.65. The van der Waals surface area contributed by atoms with E-state index in [1.54, 1.807) is 6.07 Å². The van der Waals surface area contributed by atoms with E-state index in [9.17, 15) is 30.8 Å². The van der Waals surface area contributed by atoms with Crippen molar-refractivity contribution in [1.29, 1.82) is 0 Å². The van der Waals surface area contributed by atoms with Crippen molar-refractivity contribution >= 4 is 15.9 Å². The highest BCUT2D eigenvalue weighted by atomic mass is 32.2. The van der Waals surface area contributed by atoms with Gasteiger partial charge in [0.05, 0.1) is 0 Å². The van der Waals surface area contributed by atoms with E-state index < -0.39 is 44.8 Å². The van der Waals surface area contributed by atoms with E-state index in [1.165, 1.54) is 36.4 Å². The van der Waals surface area contributed by atoms with Crippen LogP contribution in [-0.2, 0) is 14.8 Å². The minimum absolute atomic E-state index is 0.0406. The SMILES string of the molecule is O=C(NC(c1ccccc1)C(F)(F)F)C1CCN(S(=O)(=O)c2ccccc2F)CC1. The number of benzene rings is 2. The zero-order valence-corrected chi connectivity index (χ0v) is 16.6. The standard InChI is InChI=1S/C20H20F4N2O3S/c21-16-8-4-5-9-17(16)30(28,29)26-12-10-15(11-13-26)19(27)25-18(20(22,23)24)14-6-2-1-3-7-14/h1-9,15,18H,10-13H2,(H,25,27). The number of piperidine rings is 1. The van der Waals surface area contributed by atoms with E-state index in [0.29, 0.717) is 0 Å². The molecule has 0 aromatic heterocycles. The first-order valence-corrected chi connectivity index (χ1v) is 10.7. The first-order valence-electron chi connectivity index (χ1n) is 9.27. The van der Waals surface area contributed by atoms with Gasteiger partial charge in [-0.05, 0) is 30.5 Å². The van der Waals surface area contributed by atoms with E-state index in [0.717, 1.165) is 16.4 Å². The fourth-order valence-electron chi connectivity index (χ4n) is 3.41. The van der Waals surface area contributed by atoms with Gasteiger partial charge in [0.25, 0.3) is 0 Å². The van der Waals surface area contributed by atoms with Crippen molar-refractivity contribution in [3.8, 4) is 0 Å². The number of alkyl halides is 3. The Morgan fingerprint density at radius 1 is 1.00 bits per heavy atom. The Bertz CT molecular complexity index is 989. The molecule has 0 radical (unpaired) electrons. The van der Waals surface area contributed by atoms with E-state index in [4.69, 9.17) is 0 Å². The number of hydrogen-bond donors (Lipinski definition) is 1. The second-order valence-electron chi connectivity index (χ2n) is 7.00. The second kappa shape index (κ2) is 8.73. The molecule has 30 heavy (non-hydrogen) atoms. The first kappa shape index (κ1) is 22.2. The van der Waals surface area contributed by atoms with Crippen LogP contribution in [0.1, 0.15) is 24.4 Å². The highest BCUT2D eigenvalue weighted by molar-refractivity contribution is 7.89. The lowest BCUT2D eigenvalue weighted by molar-refractivity contribution is -0.165. The summed E-state index contributed by atoms with van der Waals surface area (Å²) in [4.78, 5) is 12.0. The Labute approximate surface area is 171 Å². The second-order valence-corrected chi connectivity index (χ2v) is 8.91. The average molecular weight is 444 g/mol. The molecule has 162 valence electrons. The number of carbonyl (C=O) groups excluding carboxylic acids is 1. The number of rotatable bonds is 5. The van der Waals surface area contributed by atoms with Crippen LogP contribution in [0.5, 0.6) is 0 Å². The largest absolute Gasteiger partial charge is 0.412 e. The van der Waals surface area contributed by atoms with Gasteiger partial charge in [0, 0.05) is 19.0 Å². The molecule has 1 N–H and O–H groups in total. The molecule has 1 fully saturated rings. The van der Waals surface area contributed by atoms with Gasteiger partial charge in [-0.3, -0.25) is 4.79 Å². The van der Waals surface area contributed by atoms with Gasteiger partial charge >= 0.3 is 6.18 Å². The molecule has 2 aromatic rings. The Morgan fingerprint density at radius 2 is 1.57 bits per heavy atom. The van der Waals surface area contributed by atoms with Crippen LogP contribution < -0.4 is 5.32 Å². The third kappa shape index (κ3) is 4.81. The molecule has 0 saturated carbocycles. The monoisotopic (exact) mass is 444 g/mol. The van der Waals surface area contributed by atoms with Crippen molar-refractivity contribution in [2.75, 3.05) is 13.1 Å². The number of halogens is 4. The molecule has 3 rings (SSSR count). The summed E-state index contributed by atoms with van der Waals surface area (Å²) in [5, 5.41) is 2.05. The van der Waals surface area contributed by atoms with Crippen molar-refractivity contribution < 1.29 is 30.8 Å². The number of carbonyl (C=O) groups is 1. The first-order chi connectivity index (χ1) is 14.1. The Balaban J connectivity index is 1.67. The maximum atomic E-state index is 13.9. The van der Waals surface area contributed by atoms with Crippen LogP contribution in [0.4, 0.5) is 17.6 Å². The van der Waals surface area contributed by atoms with Gasteiger partial charge in [0.1, 0.15) is 10.7 Å². The topological polar surface area (TPSA) is 66.5 Å². The molecular formula is C20H20F4N2O3S. The van der Waals surface area contributed by atoms with Gasteiger partial charge in [-0.1, -0.05) is 42.5 Å². The van der Waals surface area contributed by atoms with Crippen molar-refractivity contribution in [2.24, 2.45) is 5.92 Å². The summed E-state index contributed by atoms with van der Waals surface area (Å²) in [7, 11) is -4.08. The zero-order valence-electron chi connectivity index (χ0n) is 15.8. The van der Waals surface area contributed by atoms with Crippen LogP contribution >= 0.6 is 0 Å². The average Bonchev–Trinajstić information content (AvgIpc) is 2.72. The summed E-state index contributed by atoms with van der Waals surface area (Å²) in [6.45, 7) is -0.173. The van der Waals surface area contributed by atoms with Crippen molar-refractivity contribution in [3.63, 3.8) is 0 Å². The molecule has 2 aromatic carbocycles. The molecular weight excluding hydrogens is 424 g/mol. The molecule has 1 amide bonds. The lowest BCUT2D eigenvalue weighted by Crippen LogP contribution is -2.46. The van der Waals surface area contributed by atoms with Crippen LogP contribution in [0.3, 0.4) is 0 Å². The van der Waals surface area contributed by atoms with Crippen LogP contribution in [0.15, 0.2) is 59.5 Å². The van der Waals surface area contributed by atoms with Crippen LogP contribution in [-0.4, -0.2) is 37.9 Å². The molecule has 1 atom stereocenters.